The molecule has 0 spiro atoms. The highest BCUT2D eigenvalue weighted by atomic mass is 16.7. The minimum absolute atomic E-state index is 0.00576. The number of carbonyl (C=O) groups excluding carboxylic acids is 2. The second-order valence-electron chi connectivity index (χ2n) is 18.2. The molecule has 18 heteroatoms. The van der Waals surface area contributed by atoms with Crippen LogP contribution in [-0.4, -0.2) is 160 Å². The molecule has 1 aromatic carbocycles. The van der Waals surface area contributed by atoms with Gasteiger partial charge in [-0.2, -0.15) is 5.21 Å². The fourth-order valence-corrected chi connectivity index (χ4v) is 10.5. The van der Waals surface area contributed by atoms with Crippen LogP contribution in [0.25, 0.3) is 11.4 Å². The summed E-state index contributed by atoms with van der Waals surface area (Å²) in [6.07, 6.45) is -3.55. The van der Waals surface area contributed by atoms with Crippen molar-refractivity contribution in [3.8, 4) is 11.4 Å². The minimum Gasteiger partial charge on any atom is -0.458 e. The maximum absolute atomic E-state index is 14.6. The average molecular weight is 853 g/mol. The summed E-state index contributed by atoms with van der Waals surface area (Å²) in [6.45, 7) is 16.6. The first kappa shape index (κ1) is 45.0. The summed E-state index contributed by atoms with van der Waals surface area (Å²) in [5.74, 6) is -1.86. The first-order valence-electron chi connectivity index (χ1n) is 21.7. The molecule has 0 radical (unpaired) electrons. The number of aliphatic hydroxyl groups is 1. The number of nitrogens with one attached hydrogen (secondary N) is 1. The van der Waals surface area contributed by atoms with Crippen molar-refractivity contribution in [3.63, 3.8) is 0 Å². The van der Waals surface area contributed by atoms with Crippen molar-refractivity contribution in [2.75, 3.05) is 40.4 Å². The van der Waals surface area contributed by atoms with E-state index in [1.807, 2.05) is 77.9 Å². The van der Waals surface area contributed by atoms with Crippen LogP contribution >= 0.6 is 0 Å². The summed E-state index contributed by atoms with van der Waals surface area (Å²) in [6, 6.07) is 6.91. The van der Waals surface area contributed by atoms with E-state index < -0.39 is 71.8 Å². The Morgan fingerprint density at radius 1 is 1.10 bits per heavy atom. The molecule has 6 heterocycles. The van der Waals surface area contributed by atoms with Gasteiger partial charge in [0.1, 0.15) is 24.5 Å². The molecule has 14 atom stereocenters. The highest BCUT2D eigenvalue weighted by Crippen LogP contribution is 2.45. The summed E-state index contributed by atoms with van der Waals surface area (Å²) in [5, 5.41) is 30.6. The van der Waals surface area contributed by atoms with E-state index in [9.17, 15) is 14.7 Å². The zero-order chi connectivity index (χ0) is 43.8. The number of benzene rings is 1. The van der Waals surface area contributed by atoms with Crippen LogP contribution in [0.15, 0.2) is 34.4 Å². The maximum Gasteiger partial charge on any atom is 0.410 e. The molecule has 5 aliphatic rings. The van der Waals surface area contributed by atoms with Gasteiger partial charge in [-0.1, -0.05) is 51.0 Å². The summed E-state index contributed by atoms with van der Waals surface area (Å²) in [7, 11) is 3.87. The average Bonchev–Trinajstić information content (AvgIpc) is 3.81. The highest BCUT2D eigenvalue weighted by molar-refractivity contribution is 5.91. The van der Waals surface area contributed by atoms with E-state index in [1.54, 1.807) is 11.8 Å². The number of fused-ring (bicyclic) bond motifs is 4. The molecule has 7 rings (SSSR count). The van der Waals surface area contributed by atoms with Crippen LogP contribution in [0.3, 0.4) is 0 Å². The predicted molar refractivity (Wildman–Crippen MR) is 222 cm³/mol. The van der Waals surface area contributed by atoms with Crippen LogP contribution in [0.1, 0.15) is 80.2 Å². The Bertz CT molecular complexity index is 1920. The number of H-pyrrole nitrogens is 1. The Morgan fingerprint density at radius 2 is 1.89 bits per heavy atom. The first-order chi connectivity index (χ1) is 29.0. The lowest BCUT2D eigenvalue weighted by molar-refractivity contribution is -0.302. The third kappa shape index (κ3) is 9.07. The number of nitrogens with zero attached hydrogens (tertiary/aromatic N) is 7. The number of ether oxygens (including phenoxy) is 6. The van der Waals surface area contributed by atoms with Crippen LogP contribution in [0.2, 0.25) is 0 Å². The smallest absolute Gasteiger partial charge is 0.410 e. The predicted octanol–water partition coefficient (Wildman–Crippen LogP) is 4.03. The van der Waals surface area contributed by atoms with Gasteiger partial charge < -0.3 is 43.3 Å². The zero-order valence-corrected chi connectivity index (χ0v) is 37.1. The molecule has 5 aliphatic heterocycles. The first-order valence-corrected chi connectivity index (χ1v) is 21.7. The lowest BCUT2D eigenvalue weighted by Crippen LogP contribution is -2.60. The number of hydrogen-bond donors (Lipinski definition) is 2. The van der Waals surface area contributed by atoms with Crippen LogP contribution in [0.5, 0.6) is 0 Å². The van der Waals surface area contributed by atoms with Crippen molar-refractivity contribution >= 4 is 23.5 Å². The van der Waals surface area contributed by atoms with E-state index in [4.69, 9.17) is 38.3 Å². The van der Waals surface area contributed by atoms with Crippen molar-refractivity contribution in [3.05, 3.63) is 29.8 Å². The van der Waals surface area contributed by atoms with Gasteiger partial charge in [-0.05, 0) is 83.8 Å². The van der Waals surface area contributed by atoms with Crippen molar-refractivity contribution in [2.24, 2.45) is 33.8 Å². The van der Waals surface area contributed by atoms with E-state index in [0.717, 1.165) is 16.8 Å². The molecule has 2 N–H and O–H groups in total. The molecule has 336 valence electrons. The van der Waals surface area contributed by atoms with Crippen LogP contribution in [0, 0.1) is 23.7 Å². The fraction of sp³-hybridized carbons (Fsp3) is 0.744. The maximum atomic E-state index is 14.6. The number of amides is 1. The van der Waals surface area contributed by atoms with Gasteiger partial charge >= 0.3 is 12.1 Å². The molecule has 0 aliphatic carbocycles. The molecule has 0 saturated carbocycles. The Labute approximate surface area is 358 Å². The number of tetrazole rings is 1. The van der Waals surface area contributed by atoms with E-state index >= 15 is 0 Å². The van der Waals surface area contributed by atoms with Gasteiger partial charge in [-0.15, -0.1) is 10.2 Å². The number of esters is 1. The second-order valence-corrected chi connectivity index (χ2v) is 18.2. The normalized spacial score (nSPS) is 39.4. The number of oxime groups is 1. The molecule has 4 bridgehead atoms. The Kier molecular flexibility index (Phi) is 13.5. The van der Waals surface area contributed by atoms with Gasteiger partial charge in [0, 0.05) is 35.7 Å². The van der Waals surface area contributed by atoms with Gasteiger partial charge in [0.2, 0.25) is 5.82 Å². The van der Waals surface area contributed by atoms with Crippen molar-refractivity contribution in [2.45, 2.75) is 141 Å². The standard InChI is InChI=1S/C43H64N8O10/c1-11-32-43(8)36-25(4)33(44-15-16-51(36)41(54)61-43)23(2)19-42(7)37(60-40-34(52)31(50(9)10)17-24(3)58-40)26(5)35(27(6)39(53)59-32)55-21-30(22-56-42)47-57-20-28-13-12-14-29(18-28)38-45-48-49-46-38/h12-14,18,23-27,31-32,34-37,40,52H,11,15-17,19-22H2,1-10H3,(H,45,46,48,49)/b47-30+/t23-,24+,25+,26+,27-,31-,32-,34+,35+,36-,37-,40-,42-,43-/m1/s1. The quantitative estimate of drug-likeness (QED) is 0.285. The second kappa shape index (κ2) is 18.3. The molecule has 1 amide bonds. The number of likely N-dealkylation sites (N-methyl/N-ethyl adjacent to an activating group) is 1. The van der Waals surface area contributed by atoms with Crippen molar-refractivity contribution < 1.29 is 48.0 Å². The number of aliphatic hydroxyl groups excluding tert-OH is 1. The van der Waals surface area contributed by atoms with Gasteiger partial charge in [0.05, 0.1) is 55.6 Å². The van der Waals surface area contributed by atoms with E-state index in [0.29, 0.717) is 43.9 Å². The molecule has 61 heavy (non-hydrogen) atoms. The molecule has 0 unspecified atom stereocenters. The van der Waals surface area contributed by atoms with Crippen LogP contribution in [-0.2, 0) is 44.7 Å². The summed E-state index contributed by atoms with van der Waals surface area (Å²) < 4.78 is 39.9. The largest absolute Gasteiger partial charge is 0.458 e. The number of cyclic esters (lactones) is 1. The summed E-state index contributed by atoms with van der Waals surface area (Å²) in [5.41, 5.74) is 0.716. The van der Waals surface area contributed by atoms with Crippen molar-refractivity contribution in [1.29, 1.82) is 0 Å². The number of carbonyl (C=O) groups is 2. The van der Waals surface area contributed by atoms with Crippen LogP contribution < -0.4 is 0 Å². The topological polar surface area (TPSA) is 205 Å². The minimum atomic E-state index is -1.15. The third-order valence-electron chi connectivity index (χ3n) is 13.5. The van der Waals surface area contributed by atoms with Gasteiger partial charge in [-0.25, -0.2) is 4.79 Å². The van der Waals surface area contributed by atoms with E-state index in [2.05, 4.69) is 39.6 Å². The number of rotatable bonds is 8. The van der Waals surface area contributed by atoms with E-state index in [1.165, 1.54) is 0 Å². The zero-order valence-electron chi connectivity index (χ0n) is 37.1. The summed E-state index contributed by atoms with van der Waals surface area (Å²) >= 11 is 0. The fourth-order valence-electron chi connectivity index (χ4n) is 10.5. The SMILES string of the molecule is CC[C@H]1OC(=O)[C@H](C)[C@H]2OC/C(=N\OCc3cccc(-c4nn[nH]n4)c3)CO[C@](C)(C[C@@H](C)C3=NCCN4C(=O)O[C@@]1(C)[C@H]4[C@H]3C)[C@H](O[C@H]1O[C@@H](C)C[C@@H](N(C)C)[C@@H]1O)[C@H]2C. The van der Waals surface area contributed by atoms with Crippen molar-refractivity contribution in [1.82, 2.24) is 30.4 Å². The Hall–Kier alpha value is -4.07. The number of aromatic amines is 1. The third-order valence-corrected chi connectivity index (χ3v) is 13.5. The number of aliphatic imine (C=N–C) groups is 1. The lowest BCUT2D eigenvalue weighted by atomic mass is 9.72. The molecule has 4 fully saturated rings. The molecule has 2 aromatic rings. The highest BCUT2D eigenvalue weighted by Gasteiger charge is 2.60. The monoisotopic (exact) mass is 852 g/mol. The number of aromatic nitrogens is 4. The Morgan fingerprint density at radius 3 is 2.61 bits per heavy atom. The molecule has 1 aromatic heterocycles. The summed E-state index contributed by atoms with van der Waals surface area (Å²) in [4.78, 5) is 43.0. The number of hydrogen-bond acceptors (Lipinski definition) is 16. The van der Waals surface area contributed by atoms with Gasteiger partial charge in [0.15, 0.2) is 11.9 Å². The molecular weight excluding hydrogens is 789 g/mol. The lowest BCUT2D eigenvalue weighted by Gasteiger charge is -2.48. The van der Waals surface area contributed by atoms with Gasteiger partial charge in [-0.3, -0.25) is 14.7 Å². The Balaban J connectivity index is 1.29. The molecule has 18 nitrogen and oxygen atoms in total. The van der Waals surface area contributed by atoms with Crippen LogP contribution in [0.4, 0.5) is 4.79 Å². The molecular formula is C43H64N8O10. The van der Waals surface area contributed by atoms with E-state index in [-0.39, 0.29) is 43.8 Å². The van der Waals surface area contributed by atoms with Gasteiger partial charge in [0.25, 0.3) is 0 Å². The molecule has 4 saturated heterocycles.